The summed E-state index contributed by atoms with van der Waals surface area (Å²) in [6.45, 7) is 3.81. The summed E-state index contributed by atoms with van der Waals surface area (Å²) in [6, 6.07) is 18.3. The number of amides is 1. The van der Waals surface area contributed by atoms with Crippen LogP contribution in [-0.2, 0) is 16.1 Å². The van der Waals surface area contributed by atoms with Crippen molar-refractivity contribution in [2.24, 2.45) is 5.92 Å². The smallest absolute Gasteiger partial charge is 0.256 e. The van der Waals surface area contributed by atoms with Crippen molar-refractivity contribution in [3.05, 3.63) is 71.9 Å². The van der Waals surface area contributed by atoms with Crippen molar-refractivity contribution in [1.82, 2.24) is 9.88 Å². The number of aromatic nitrogens is 1. The van der Waals surface area contributed by atoms with Gasteiger partial charge in [-0.3, -0.25) is 4.79 Å². The lowest BCUT2D eigenvalue weighted by atomic mass is 9.78. The Bertz CT molecular complexity index is 1040. The number of aromatic amines is 1. The Morgan fingerprint density at radius 1 is 1.09 bits per heavy atom. The molecule has 3 aromatic rings. The van der Waals surface area contributed by atoms with Gasteiger partial charge in [0.2, 0.25) is 0 Å². The molecule has 1 spiro atoms. The minimum absolute atomic E-state index is 0.0701. The molecular weight excluding hydrogens is 400 g/mol. The van der Waals surface area contributed by atoms with Crippen molar-refractivity contribution in [2.75, 3.05) is 26.3 Å². The summed E-state index contributed by atoms with van der Waals surface area (Å²) < 4.78 is 12.2. The minimum atomic E-state index is -0.0701. The molecule has 0 radical (unpaired) electrons. The number of likely N-dealkylation sites (tertiary alicyclic amines) is 1. The number of carbonyl (C=O) groups is 1. The highest BCUT2D eigenvalue weighted by Gasteiger charge is 2.41. The standard InChI is InChI=1S/C27H32N2O3/c30-26(24-19-28-25-9-5-4-8-23(24)25)29-14-12-27(13-15-29)18-21(11-17-32-27)10-16-31-20-22-6-2-1-3-7-22/h1-9,19,21,28H,10-18,20H2. The monoisotopic (exact) mass is 432 g/mol. The van der Waals surface area contributed by atoms with E-state index in [2.05, 4.69) is 29.2 Å². The Balaban J connectivity index is 1.12. The molecule has 2 saturated heterocycles. The molecule has 32 heavy (non-hydrogen) atoms. The van der Waals surface area contributed by atoms with Crippen LogP contribution in [0.4, 0.5) is 0 Å². The molecule has 1 atom stereocenters. The van der Waals surface area contributed by atoms with Crippen molar-refractivity contribution in [1.29, 1.82) is 0 Å². The van der Waals surface area contributed by atoms with Gasteiger partial charge in [-0.2, -0.15) is 0 Å². The highest BCUT2D eigenvalue weighted by atomic mass is 16.5. The summed E-state index contributed by atoms with van der Waals surface area (Å²) >= 11 is 0. The molecule has 3 heterocycles. The molecule has 2 aliphatic rings. The van der Waals surface area contributed by atoms with Crippen molar-refractivity contribution in [2.45, 2.75) is 44.3 Å². The van der Waals surface area contributed by atoms with Gasteiger partial charge in [0.1, 0.15) is 0 Å². The number of para-hydroxylation sites is 1. The Morgan fingerprint density at radius 2 is 1.88 bits per heavy atom. The molecule has 5 heteroatoms. The first-order valence-electron chi connectivity index (χ1n) is 11.8. The molecule has 1 aromatic heterocycles. The maximum atomic E-state index is 13.2. The van der Waals surface area contributed by atoms with E-state index in [-0.39, 0.29) is 11.5 Å². The number of nitrogens with zero attached hydrogens (tertiary/aromatic N) is 1. The number of piperidine rings is 1. The number of H-pyrrole nitrogens is 1. The molecule has 1 N–H and O–H groups in total. The van der Waals surface area contributed by atoms with E-state index in [0.717, 1.165) is 74.9 Å². The summed E-state index contributed by atoms with van der Waals surface area (Å²) in [6.07, 6.45) is 6.95. The van der Waals surface area contributed by atoms with E-state index in [9.17, 15) is 4.79 Å². The molecule has 2 aliphatic heterocycles. The molecule has 2 fully saturated rings. The fourth-order valence-electron chi connectivity index (χ4n) is 5.27. The Morgan fingerprint density at radius 3 is 2.72 bits per heavy atom. The zero-order valence-electron chi connectivity index (χ0n) is 18.6. The van der Waals surface area contributed by atoms with E-state index in [1.165, 1.54) is 5.56 Å². The molecule has 2 aromatic carbocycles. The summed E-state index contributed by atoms with van der Waals surface area (Å²) in [5.74, 6) is 0.759. The van der Waals surface area contributed by atoms with Crippen molar-refractivity contribution >= 4 is 16.8 Å². The molecule has 1 amide bonds. The number of carbonyl (C=O) groups excluding carboxylic acids is 1. The number of fused-ring (bicyclic) bond motifs is 1. The third kappa shape index (κ3) is 4.59. The lowest BCUT2D eigenvalue weighted by Gasteiger charge is -2.46. The summed E-state index contributed by atoms with van der Waals surface area (Å²) in [7, 11) is 0. The Labute approximate surface area is 189 Å². The van der Waals surface area contributed by atoms with Crippen molar-refractivity contribution in [3.63, 3.8) is 0 Å². The van der Waals surface area contributed by atoms with E-state index < -0.39 is 0 Å². The topological polar surface area (TPSA) is 54.6 Å². The van der Waals surface area contributed by atoms with Gasteiger partial charge in [-0.25, -0.2) is 0 Å². The highest BCUT2D eigenvalue weighted by molar-refractivity contribution is 6.06. The number of benzene rings is 2. The fourth-order valence-corrected chi connectivity index (χ4v) is 5.27. The van der Waals surface area contributed by atoms with E-state index in [0.29, 0.717) is 12.5 Å². The zero-order valence-corrected chi connectivity index (χ0v) is 18.6. The third-order valence-electron chi connectivity index (χ3n) is 7.16. The SMILES string of the molecule is O=C(c1c[nH]c2ccccc12)N1CCC2(CC1)CC(CCOCc1ccccc1)CCO2. The molecule has 5 rings (SSSR count). The van der Waals surface area contributed by atoms with Crippen LogP contribution in [0.15, 0.2) is 60.8 Å². The van der Waals surface area contributed by atoms with Gasteiger partial charge in [0.25, 0.3) is 5.91 Å². The van der Waals surface area contributed by atoms with Crippen LogP contribution in [0.3, 0.4) is 0 Å². The summed E-state index contributed by atoms with van der Waals surface area (Å²) in [4.78, 5) is 18.4. The van der Waals surface area contributed by atoms with Gasteiger partial charge < -0.3 is 19.4 Å². The summed E-state index contributed by atoms with van der Waals surface area (Å²) in [5.41, 5.74) is 2.94. The molecule has 1 unspecified atom stereocenters. The van der Waals surface area contributed by atoms with Crippen LogP contribution in [0.25, 0.3) is 10.9 Å². The van der Waals surface area contributed by atoms with Crippen LogP contribution in [-0.4, -0.2) is 47.7 Å². The van der Waals surface area contributed by atoms with Gasteiger partial charge >= 0.3 is 0 Å². The number of ether oxygens (including phenoxy) is 2. The Hall–Kier alpha value is -2.63. The van der Waals surface area contributed by atoms with Gasteiger partial charge in [0.05, 0.1) is 17.8 Å². The second-order valence-electron chi connectivity index (χ2n) is 9.26. The minimum Gasteiger partial charge on any atom is -0.377 e. The van der Waals surface area contributed by atoms with Crippen LogP contribution in [0.2, 0.25) is 0 Å². The maximum Gasteiger partial charge on any atom is 0.256 e. The normalized spacial score (nSPS) is 20.6. The number of hydrogen-bond donors (Lipinski definition) is 1. The molecule has 0 saturated carbocycles. The van der Waals surface area contributed by atoms with Gasteiger partial charge in [-0.1, -0.05) is 48.5 Å². The van der Waals surface area contributed by atoms with Crippen molar-refractivity contribution in [3.8, 4) is 0 Å². The van der Waals surface area contributed by atoms with Crippen molar-refractivity contribution < 1.29 is 14.3 Å². The zero-order chi connectivity index (χ0) is 21.8. The number of nitrogens with one attached hydrogen (secondary N) is 1. The largest absolute Gasteiger partial charge is 0.377 e. The van der Waals surface area contributed by atoms with Gasteiger partial charge in [0.15, 0.2) is 0 Å². The first-order valence-corrected chi connectivity index (χ1v) is 11.8. The van der Waals surface area contributed by atoms with Crippen LogP contribution < -0.4 is 0 Å². The maximum absolute atomic E-state index is 13.2. The predicted octanol–water partition coefficient (Wildman–Crippen LogP) is 5.18. The molecule has 0 aliphatic carbocycles. The van der Waals surface area contributed by atoms with E-state index >= 15 is 0 Å². The second-order valence-corrected chi connectivity index (χ2v) is 9.26. The van der Waals surface area contributed by atoms with Crippen LogP contribution in [0.1, 0.15) is 48.0 Å². The first-order chi connectivity index (χ1) is 15.7. The quantitative estimate of drug-likeness (QED) is 0.546. The van der Waals surface area contributed by atoms with E-state index in [1.807, 2.05) is 41.4 Å². The Kier molecular flexibility index (Phi) is 6.28. The lowest BCUT2D eigenvalue weighted by Crippen LogP contribution is -2.50. The molecule has 5 nitrogen and oxygen atoms in total. The van der Waals surface area contributed by atoms with E-state index in [4.69, 9.17) is 9.47 Å². The van der Waals surface area contributed by atoms with Gasteiger partial charge in [0, 0.05) is 43.4 Å². The second kappa shape index (κ2) is 9.47. The highest BCUT2D eigenvalue weighted by Crippen LogP contribution is 2.39. The van der Waals surface area contributed by atoms with Crippen LogP contribution >= 0.6 is 0 Å². The van der Waals surface area contributed by atoms with Crippen LogP contribution in [0, 0.1) is 5.92 Å². The fraction of sp³-hybridized carbons (Fsp3) is 0.444. The predicted molar refractivity (Wildman–Crippen MR) is 126 cm³/mol. The molecule has 0 bridgehead atoms. The summed E-state index contributed by atoms with van der Waals surface area (Å²) in [5, 5.41) is 1.00. The molecule has 168 valence electrons. The number of rotatable bonds is 6. The average molecular weight is 433 g/mol. The number of hydrogen-bond acceptors (Lipinski definition) is 3. The average Bonchev–Trinajstić information content (AvgIpc) is 3.27. The van der Waals surface area contributed by atoms with E-state index in [1.54, 1.807) is 0 Å². The third-order valence-corrected chi connectivity index (χ3v) is 7.16. The van der Waals surface area contributed by atoms with Crippen LogP contribution in [0.5, 0.6) is 0 Å². The van der Waals surface area contributed by atoms with Gasteiger partial charge in [-0.15, -0.1) is 0 Å². The van der Waals surface area contributed by atoms with Gasteiger partial charge in [-0.05, 0) is 49.7 Å². The molecular formula is C27H32N2O3. The lowest BCUT2D eigenvalue weighted by molar-refractivity contribution is -0.126. The first kappa shape index (κ1) is 21.2.